The molecule has 2 bridgehead atoms. The number of rotatable bonds is 4. The maximum absolute atomic E-state index is 13.1. The number of nitrogens with one attached hydrogen (secondary N) is 1. The van der Waals surface area contributed by atoms with E-state index in [0.717, 1.165) is 24.8 Å². The van der Waals surface area contributed by atoms with E-state index in [9.17, 15) is 14.4 Å². The number of ether oxygens (including phenoxy) is 2. The molecule has 3 saturated carbocycles. The minimum absolute atomic E-state index is 0.0208. The van der Waals surface area contributed by atoms with E-state index >= 15 is 0 Å². The van der Waals surface area contributed by atoms with E-state index in [1.807, 2.05) is 60.9 Å². The normalized spacial score (nSPS) is 30.2. The molecule has 2 heterocycles. The van der Waals surface area contributed by atoms with Crippen molar-refractivity contribution in [2.75, 3.05) is 26.2 Å². The summed E-state index contributed by atoms with van der Waals surface area (Å²) in [6.07, 6.45) is 1.52. The van der Waals surface area contributed by atoms with Crippen LogP contribution < -0.4 is 5.32 Å². The average molecular weight is 457 g/mol. The minimum Gasteiger partial charge on any atom is -0.445 e. The lowest BCUT2D eigenvalue weighted by Gasteiger charge is -2.72. The van der Waals surface area contributed by atoms with E-state index in [4.69, 9.17) is 9.47 Å². The number of piperazine rings is 1. The Morgan fingerprint density at radius 3 is 2.45 bits per heavy atom. The number of nitrogens with zero attached hydrogens (tertiary/aromatic N) is 3. The number of alkyl carbamates (subject to hydrolysis) is 1. The molecule has 0 radical (unpaired) electrons. The van der Waals surface area contributed by atoms with Crippen molar-refractivity contribution >= 4 is 18.2 Å². The highest BCUT2D eigenvalue weighted by molar-refractivity contribution is 5.80. The fourth-order valence-electron chi connectivity index (χ4n) is 5.73. The van der Waals surface area contributed by atoms with Crippen molar-refractivity contribution in [2.24, 2.45) is 0 Å². The predicted molar refractivity (Wildman–Crippen MR) is 119 cm³/mol. The Morgan fingerprint density at radius 2 is 1.79 bits per heavy atom. The smallest absolute Gasteiger partial charge is 0.410 e. The van der Waals surface area contributed by atoms with Gasteiger partial charge in [0.1, 0.15) is 12.2 Å². The lowest BCUT2D eigenvalue weighted by atomic mass is 9.43. The van der Waals surface area contributed by atoms with Gasteiger partial charge in [-0.15, -0.1) is 0 Å². The molecule has 178 valence electrons. The molecule has 2 aliphatic heterocycles. The zero-order chi connectivity index (χ0) is 23.4. The highest BCUT2D eigenvalue weighted by Gasteiger charge is 2.73. The van der Waals surface area contributed by atoms with Gasteiger partial charge in [0.05, 0.1) is 17.1 Å². The Morgan fingerprint density at radius 1 is 1.09 bits per heavy atom. The zero-order valence-electron chi connectivity index (χ0n) is 19.5. The van der Waals surface area contributed by atoms with Gasteiger partial charge in [0.25, 0.3) is 0 Å². The number of carbonyl (C=O) groups excluding carboxylic acids is 3. The molecule has 5 fully saturated rings. The molecule has 3 aliphatic carbocycles. The van der Waals surface area contributed by atoms with Crippen LogP contribution in [0.15, 0.2) is 30.3 Å². The molecule has 0 aromatic heterocycles. The van der Waals surface area contributed by atoms with Crippen LogP contribution in [0.2, 0.25) is 0 Å². The fraction of sp³-hybridized carbons (Fsp3) is 0.625. The molecule has 1 atom stereocenters. The average Bonchev–Trinajstić information content (AvgIpc) is 3.03. The molecule has 9 nitrogen and oxygen atoms in total. The summed E-state index contributed by atoms with van der Waals surface area (Å²) >= 11 is 0. The van der Waals surface area contributed by atoms with Crippen LogP contribution in [0, 0.1) is 0 Å². The zero-order valence-corrected chi connectivity index (χ0v) is 19.5. The van der Waals surface area contributed by atoms with Crippen molar-refractivity contribution in [1.82, 2.24) is 20.0 Å². The van der Waals surface area contributed by atoms with Crippen LogP contribution >= 0.6 is 0 Å². The van der Waals surface area contributed by atoms with Crippen molar-refractivity contribution in [2.45, 2.75) is 69.4 Å². The molecule has 1 aromatic rings. The standard InChI is InChI=1S/C24H32N4O5/c1-22(2,3)33-21(31)26-9-10-27-18(11-26)12-28(20(27)30)24-14-23(15-24,16-24)25-19(29)32-13-17-7-5-4-6-8-17/h4-8,18H,9-16H2,1-3H3,(H,25,29)/t18-,23?,24?/m0/s1. The first-order valence-electron chi connectivity index (χ1n) is 11.6. The third kappa shape index (κ3) is 3.98. The van der Waals surface area contributed by atoms with Gasteiger partial charge in [0.2, 0.25) is 0 Å². The number of fused-ring (bicyclic) bond motifs is 1. The Hall–Kier alpha value is -2.97. The molecule has 1 aromatic carbocycles. The van der Waals surface area contributed by atoms with Crippen molar-refractivity contribution in [3.63, 3.8) is 0 Å². The van der Waals surface area contributed by atoms with Crippen LogP contribution in [0.4, 0.5) is 14.4 Å². The van der Waals surface area contributed by atoms with E-state index in [2.05, 4.69) is 5.32 Å². The lowest BCUT2D eigenvalue weighted by molar-refractivity contribution is -0.152. The maximum Gasteiger partial charge on any atom is 0.410 e. The van der Waals surface area contributed by atoms with Crippen LogP contribution in [0.25, 0.3) is 0 Å². The molecule has 2 saturated heterocycles. The first-order chi connectivity index (χ1) is 15.6. The van der Waals surface area contributed by atoms with Crippen LogP contribution in [0.5, 0.6) is 0 Å². The second-order valence-corrected chi connectivity index (χ2v) is 10.9. The van der Waals surface area contributed by atoms with Crippen molar-refractivity contribution < 1.29 is 23.9 Å². The molecule has 0 unspecified atom stereocenters. The topological polar surface area (TPSA) is 91.4 Å². The van der Waals surface area contributed by atoms with E-state index < -0.39 is 11.7 Å². The first kappa shape index (κ1) is 21.9. The predicted octanol–water partition coefficient (Wildman–Crippen LogP) is 2.94. The highest BCUT2D eigenvalue weighted by atomic mass is 16.6. The lowest BCUT2D eigenvalue weighted by Crippen LogP contribution is -2.84. The van der Waals surface area contributed by atoms with Gasteiger partial charge < -0.3 is 29.5 Å². The van der Waals surface area contributed by atoms with Crippen molar-refractivity contribution in [1.29, 1.82) is 0 Å². The number of carbonyl (C=O) groups is 3. The van der Waals surface area contributed by atoms with E-state index in [1.54, 1.807) is 4.90 Å². The maximum atomic E-state index is 13.1. The van der Waals surface area contributed by atoms with Gasteiger partial charge in [0, 0.05) is 26.2 Å². The number of benzene rings is 1. The fourth-order valence-corrected chi connectivity index (χ4v) is 5.73. The molecule has 4 amide bonds. The van der Waals surface area contributed by atoms with Gasteiger partial charge in [-0.2, -0.15) is 0 Å². The van der Waals surface area contributed by atoms with E-state index in [-0.39, 0.29) is 35.9 Å². The summed E-state index contributed by atoms with van der Waals surface area (Å²) in [7, 11) is 0. The summed E-state index contributed by atoms with van der Waals surface area (Å²) in [5, 5.41) is 3.02. The second-order valence-electron chi connectivity index (χ2n) is 10.9. The SMILES string of the molecule is CC(C)(C)OC(=O)N1CCN2C(=O)N(C34CC(NC(=O)OCc5ccccc5)(C3)C4)C[C@@H]2C1. The summed E-state index contributed by atoms with van der Waals surface area (Å²) in [6, 6.07) is 9.61. The molecule has 33 heavy (non-hydrogen) atoms. The largest absolute Gasteiger partial charge is 0.445 e. The van der Waals surface area contributed by atoms with E-state index in [1.165, 1.54) is 0 Å². The van der Waals surface area contributed by atoms with Gasteiger partial charge in [-0.05, 0) is 45.6 Å². The summed E-state index contributed by atoms with van der Waals surface area (Å²) in [5.41, 5.74) is -0.0416. The Balaban J connectivity index is 1.12. The number of hydrogen-bond donors (Lipinski definition) is 1. The Bertz CT molecular complexity index is 940. The van der Waals surface area contributed by atoms with Crippen LogP contribution in [0.3, 0.4) is 0 Å². The molecular formula is C24H32N4O5. The van der Waals surface area contributed by atoms with Crippen molar-refractivity contribution in [3.8, 4) is 0 Å². The summed E-state index contributed by atoms with van der Waals surface area (Å²) < 4.78 is 10.9. The third-order valence-electron chi connectivity index (χ3n) is 7.16. The van der Waals surface area contributed by atoms with Crippen molar-refractivity contribution in [3.05, 3.63) is 35.9 Å². The number of urea groups is 1. The minimum atomic E-state index is -0.541. The Kier molecular flexibility index (Phi) is 4.99. The Labute approximate surface area is 194 Å². The number of hydrogen-bond acceptors (Lipinski definition) is 5. The molecule has 1 N–H and O–H groups in total. The highest BCUT2D eigenvalue weighted by Crippen LogP contribution is 2.64. The van der Waals surface area contributed by atoms with Gasteiger partial charge in [-0.1, -0.05) is 30.3 Å². The van der Waals surface area contributed by atoms with Gasteiger partial charge in [0.15, 0.2) is 0 Å². The first-order valence-corrected chi connectivity index (χ1v) is 11.6. The summed E-state index contributed by atoms with van der Waals surface area (Å²) in [4.78, 5) is 43.4. The molecular weight excluding hydrogens is 424 g/mol. The second kappa shape index (κ2) is 7.53. The monoisotopic (exact) mass is 456 g/mol. The number of amides is 4. The van der Waals surface area contributed by atoms with Crippen LogP contribution in [0.1, 0.15) is 45.6 Å². The molecule has 5 aliphatic rings. The van der Waals surface area contributed by atoms with Gasteiger partial charge >= 0.3 is 18.2 Å². The quantitative estimate of drug-likeness (QED) is 0.752. The van der Waals surface area contributed by atoms with Gasteiger partial charge in [-0.3, -0.25) is 0 Å². The third-order valence-corrected chi connectivity index (χ3v) is 7.16. The summed E-state index contributed by atoms with van der Waals surface area (Å²) in [6.45, 7) is 7.89. The molecule has 9 heteroatoms. The van der Waals surface area contributed by atoms with Crippen LogP contribution in [-0.4, -0.2) is 81.8 Å². The van der Waals surface area contributed by atoms with Gasteiger partial charge in [-0.25, -0.2) is 14.4 Å². The molecule has 0 spiro atoms. The summed E-state index contributed by atoms with van der Waals surface area (Å²) in [5.74, 6) is 0. The van der Waals surface area contributed by atoms with Crippen LogP contribution in [-0.2, 0) is 16.1 Å². The molecule has 6 rings (SSSR count). The van der Waals surface area contributed by atoms with E-state index in [0.29, 0.717) is 26.2 Å².